The van der Waals surface area contributed by atoms with Gasteiger partial charge in [-0.3, -0.25) is 0 Å². The van der Waals surface area contributed by atoms with E-state index in [1.54, 1.807) is 30.3 Å². The highest BCUT2D eigenvalue weighted by atomic mass is 19.1. The van der Waals surface area contributed by atoms with Crippen molar-refractivity contribution in [3.8, 4) is 16.9 Å². The number of aromatic carboxylic acids is 1. The molecule has 5 nitrogen and oxygen atoms in total. The Labute approximate surface area is 187 Å². The van der Waals surface area contributed by atoms with Gasteiger partial charge in [-0.25, -0.2) is 9.18 Å². The molecule has 0 amide bonds. The van der Waals surface area contributed by atoms with Crippen LogP contribution in [0.15, 0.2) is 66.7 Å². The number of halogens is 1. The molecule has 0 aliphatic carbocycles. The monoisotopic (exact) mass is 437 g/mol. The molecule has 168 valence electrons. The van der Waals surface area contributed by atoms with Crippen molar-refractivity contribution in [3.63, 3.8) is 0 Å². The van der Waals surface area contributed by atoms with E-state index in [4.69, 9.17) is 4.74 Å². The van der Waals surface area contributed by atoms with Gasteiger partial charge in [-0.05, 0) is 65.9 Å². The second-order valence-electron chi connectivity index (χ2n) is 7.59. The lowest BCUT2D eigenvalue weighted by Crippen LogP contribution is -2.23. The van der Waals surface area contributed by atoms with Crippen LogP contribution in [-0.2, 0) is 6.42 Å². The van der Waals surface area contributed by atoms with E-state index in [2.05, 4.69) is 5.32 Å². The lowest BCUT2D eigenvalue weighted by atomic mass is 10.0. The minimum atomic E-state index is -1.01. The Hall–Kier alpha value is -3.22. The van der Waals surface area contributed by atoms with Crippen molar-refractivity contribution in [2.75, 3.05) is 19.7 Å². The maximum atomic E-state index is 13.3. The predicted molar refractivity (Wildman–Crippen MR) is 123 cm³/mol. The number of aliphatic hydroxyl groups excluding tert-OH is 1. The van der Waals surface area contributed by atoms with E-state index in [0.717, 1.165) is 29.5 Å². The van der Waals surface area contributed by atoms with E-state index >= 15 is 0 Å². The molecule has 0 aliphatic rings. The van der Waals surface area contributed by atoms with E-state index in [9.17, 15) is 19.4 Å². The first-order chi connectivity index (χ1) is 15.5. The fraction of sp³-hybridized carbons (Fsp3) is 0.269. The van der Waals surface area contributed by atoms with Gasteiger partial charge in [0.1, 0.15) is 17.1 Å². The van der Waals surface area contributed by atoms with E-state index in [1.807, 2.05) is 31.2 Å². The summed E-state index contributed by atoms with van der Waals surface area (Å²) in [4.78, 5) is 11.4. The van der Waals surface area contributed by atoms with Crippen molar-refractivity contribution in [1.29, 1.82) is 0 Å². The molecule has 0 heterocycles. The molecule has 0 spiro atoms. The number of carboxylic acids is 1. The maximum Gasteiger partial charge on any atom is 0.339 e. The molecule has 0 aliphatic heterocycles. The fourth-order valence-electron chi connectivity index (χ4n) is 3.38. The summed E-state index contributed by atoms with van der Waals surface area (Å²) in [5.41, 5.74) is 3.71. The van der Waals surface area contributed by atoms with E-state index in [0.29, 0.717) is 31.0 Å². The van der Waals surface area contributed by atoms with Crippen molar-refractivity contribution < 1.29 is 24.1 Å². The van der Waals surface area contributed by atoms with Gasteiger partial charge in [-0.1, -0.05) is 49.4 Å². The number of aliphatic hydroxyl groups is 1. The molecule has 3 aromatic rings. The third-order valence-electron chi connectivity index (χ3n) is 5.12. The molecular formula is C26H28FNO4. The Morgan fingerprint density at radius 2 is 1.81 bits per heavy atom. The van der Waals surface area contributed by atoms with Crippen LogP contribution >= 0.6 is 0 Å². The summed E-state index contributed by atoms with van der Waals surface area (Å²) in [6.07, 6.45) is 0.815. The van der Waals surface area contributed by atoms with Crippen molar-refractivity contribution in [1.82, 2.24) is 5.32 Å². The van der Waals surface area contributed by atoms with Crippen LogP contribution in [0.3, 0.4) is 0 Å². The zero-order chi connectivity index (χ0) is 22.9. The zero-order valence-corrected chi connectivity index (χ0v) is 18.1. The molecule has 0 unspecified atom stereocenters. The third-order valence-corrected chi connectivity index (χ3v) is 5.12. The average molecular weight is 438 g/mol. The van der Waals surface area contributed by atoms with Gasteiger partial charge in [0.2, 0.25) is 0 Å². The number of carbonyl (C=O) groups is 1. The van der Waals surface area contributed by atoms with Crippen molar-refractivity contribution >= 4 is 5.97 Å². The van der Waals surface area contributed by atoms with Crippen molar-refractivity contribution in [2.45, 2.75) is 25.9 Å². The summed E-state index contributed by atoms with van der Waals surface area (Å²) in [5.74, 6) is -0.988. The number of nitrogens with one attached hydrogen (secondary N) is 1. The van der Waals surface area contributed by atoms with Crippen LogP contribution in [0.5, 0.6) is 5.75 Å². The lowest BCUT2D eigenvalue weighted by Gasteiger charge is -2.13. The van der Waals surface area contributed by atoms with Crippen LogP contribution < -0.4 is 10.1 Å². The minimum Gasteiger partial charge on any atom is -0.493 e. The Balaban J connectivity index is 1.56. The van der Waals surface area contributed by atoms with E-state index in [1.165, 1.54) is 12.1 Å². The second kappa shape index (κ2) is 11.4. The van der Waals surface area contributed by atoms with Crippen LogP contribution in [0.4, 0.5) is 4.39 Å². The van der Waals surface area contributed by atoms with Crippen molar-refractivity contribution in [3.05, 3.63) is 89.2 Å². The van der Waals surface area contributed by atoms with E-state index < -0.39 is 12.1 Å². The van der Waals surface area contributed by atoms with Gasteiger partial charge in [-0.2, -0.15) is 0 Å². The number of carboxylic acid groups (broad SMARTS) is 1. The van der Waals surface area contributed by atoms with Crippen LogP contribution in [-0.4, -0.2) is 35.9 Å². The van der Waals surface area contributed by atoms with Gasteiger partial charge >= 0.3 is 5.97 Å². The summed E-state index contributed by atoms with van der Waals surface area (Å²) >= 11 is 0. The average Bonchev–Trinajstić information content (AvgIpc) is 2.80. The van der Waals surface area contributed by atoms with Crippen LogP contribution in [0.2, 0.25) is 0 Å². The highest BCUT2D eigenvalue weighted by molar-refractivity contribution is 5.92. The minimum absolute atomic E-state index is 0.158. The Morgan fingerprint density at radius 1 is 1.06 bits per heavy atom. The molecular weight excluding hydrogens is 409 g/mol. The van der Waals surface area contributed by atoms with Gasteiger partial charge in [0.05, 0.1) is 12.7 Å². The first-order valence-corrected chi connectivity index (χ1v) is 10.7. The van der Waals surface area contributed by atoms with E-state index in [-0.39, 0.29) is 11.4 Å². The molecule has 0 radical (unpaired) electrons. The predicted octanol–water partition coefficient (Wildman–Crippen LogP) is 4.85. The standard InChI is InChI=1S/C26H28FNO4/c1-2-14-32-25-16-20(10-11-23(25)26(30)31)19-8-6-18(7-9-19)12-13-28-17-24(29)21-4-3-5-22(27)15-21/h3-11,15-16,24,28-29H,2,12-14,17H2,1H3,(H,30,31)/t24-/m0/s1. The second-order valence-corrected chi connectivity index (χ2v) is 7.59. The zero-order valence-electron chi connectivity index (χ0n) is 18.1. The maximum absolute atomic E-state index is 13.3. The fourth-order valence-corrected chi connectivity index (χ4v) is 3.38. The molecule has 3 N–H and O–H groups in total. The quantitative estimate of drug-likeness (QED) is 0.374. The smallest absolute Gasteiger partial charge is 0.339 e. The number of rotatable bonds is 11. The van der Waals surface area contributed by atoms with Crippen LogP contribution in [0.25, 0.3) is 11.1 Å². The van der Waals surface area contributed by atoms with Gasteiger partial charge < -0.3 is 20.3 Å². The lowest BCUT2D eigenvalue weighted by molar-refractivity contribution is 0.0692. The molecule has 32 heavy (non-hydrogen) atoms. The highest BCUT2D eigenvalue weighted by Gasteiger charge is 2.13. The molecule has 0 aromatic heterocycles. The van der Waals surface area contributed by atoms with Gasteiger partial charge in [0.15, 0.2) is 0 Å². The molecule has 0 fully saturated rings. The molecule has 3 rings (SSSR count). The summed E-state index contributed by atoms with van der Waals surface area (Å²) in [6, 6.07) is 19.2. The SMILES string of the molecule is CCCOc1cc(-c2ccc(CCNC[C@H](O)c3cccc(F)c3)cc2)ccc1C(=O)O. The molecule has 0 saturated carbocycles. The molecule has 6 heteroatoms. The Morgan fingerprint density at radius 3 is 2.50 bits per heavy atom. The molecule has 1 atom stereocenters. The number of hydrogen-bond donors (Lipinski definition) is 3. The summed E-state index contributed by atoms with van der Waals surface area (Å²) in [6.45, 7) is 3.45. The van der Waals surface area contributed by atoms with Crippen LogP contribution in [0.1, 0.15) is 40.9 Å². The number of ether oxygens (including phenoxy) is 1. The normalized spacial score (nSPS) is 11.8. The van der Waals surface area contributed by atoms with Crippen LogP contribution in [0, 0.1) is 5.82 Å². The summed E-state index contributed by atoms with van der Waals surface area (Å²) in [5, 5.41) is 22.7. The molecule has 0 saturated heterocycles. The first-order valence-electron chi connectivity index (χ1n) is 10.7. The molecule has 0 bridgehead atoms. The van der Waals surface area contributed by atoms with Crippen molar-refractivity contribution in [2.24, 2.45) is 0 Å². The first kappa shape index (κ1) is 23.4. The third kappa shape index (κ3) is 6.39. The van der Waals surface area contributed by atoms with Gasteiger partial charge in [-0.15, -0.1) is 0 Å². The largest absolute Gasteiger partial charge is 0.493 e. The Bertz CT molecular complexity index is 1040. The number of hydrogen-bond acceptors (Lipinski definition) is 4. The molecule has 3 aromatic carbocycles. The summed E-state index contributed by atoms with van der Waals surface area (Å²) in [7, 11) is 0. The number of benzene rings is 3. The van der Waals surface area contributed by atoms with Gasteiger partial charge in [0, 0.05) is 6.54 Å². The topological polar surface area (TPSA) is 78.8 Å². The Kier molecular flexibility index (Phi) is 8.36. The summed E-state index contributed by atoms with van der Waals surface area (Å²) < 4.78 is 18.9. The van der Waals surface area contributed by atoms with Gasteiger partial charge in [0.25, 0.3) is 0 Å². The highest BCUT2D eigenvalue weighted by Crippen LogP contribution is 2.28.